The molecule has 3 atom stereocenters. The van der Waals surface area contributed by atoms with E-state index in [9.17, 15) is 4.79 Å². The molecule has 11 heavy (non-hydrogen) atoms. The summed E-state index contributed by atoms with van der Waals surface area (Å²) in [6, 6.07) is 0.433. The third-order valence-corrected chi connectivity index (χ3v) is 2.81. The lowest BCUT2D eigenvalue weighted by Crippen LogP contribution is -2.27. The van der Waals surface area contributed by atoms with Gasteiger partial charge in [0, 0.05) is 12.0 Å². The van der Waals surface area contributed by atoms with Crippen LogP contribution in [0.25, 0.3) is 0 Å². The summed E-state index contributed by atoms with van der Waals surface area (Å²) in [6.45, 7) is 6.31. The van der Waals surface area contributed by atoms with E-state index in [1.807, 2.05) is 6.92 Å². The molecule has 1 N–H and O–H groups in total. The summed E-state index contributed by atoms with van der Waals surface area (Å²) in [4.78, 5) is 11.2. The Hall–Kier alpha value is -0.530. The molecule has 0 aliphatic carbocycles. The molecule has 2 nitrogen and oxygen atoms in total. The number of carbonyl (C=O) groups excluding carboxylic acids is 1. The molecule has 1 amide bonds. The van der Waals surface area contributed by atoms with Gasteiger partial charge in [0.1, 0.15) is 0 Å². The van der Waals surface area contributed by atoms with Gasteiger partial charge in [0.05, 0.1) is 0 Å². The van der Waals surface area contributed by atoms with Crippen molar-refractivity contribution in [2.75, 3.05) is 0 Å². The predicted octanol–water partition coefficient (Wildman–Crippen LogP) is 1.56. The minimum absolute atomic E-state index is 0.227. The average Bonchev–Trinajstić information content (AvgIpc) is 2.28. The topological polar surface area (TPSA) is 29.1 Å². The Balaban J connectivity index is 2.64. The third-order valence-electron chi connectivity index (χ3n) is 2.81. The van der Waals surface area contributed by atoms with Crippen LogP contribution in [0.15, 0.2) is 0 Å². The molecule has 0 aromatic rings. The second-order valence-corrected chi connectivity index (χ2v) is 3.38. The molecule has 3 unspecified atom stereocenters. The number of amides is 1. The van der Waals surface area contributed by atoms with E-state index in [1.54, 1.807) is 0 Å². The molecule has 0 aromatic heterocycles. The molecule has 0 radical (unpaired) electrons. The zero-order valence-corrected chi connectivity index (χ0v) is 7.55. The summed E-state index contributed by atoms with van der Waals surface area (Å²) in [5.41, 5.74) is 0. The van der Waals surface area contributed by atoms with Crippen molar-refractivity contribution in [3.8, 4) is 0 Å². The van der Waals surface area contributed by atoms with Crippen LogP contribution in [-0.4, -0.2) is 11.9 Å². The summed E-state index contributed by atoms with van der Waals surface area (Å²) in [5.74, 6) is 1.03. The quantitative estimate of drug-likeness (QED) is 0.644. The maximum Gasteiger partial charge on any atom is 0.223 e. The van der Waals surface area contributed by atoms with Crippen LogP contribution < -0.4 is 5.32 Å². The van der Waals surface area contributed by atoms with E-state index in [0.29, 0.717) is 12.0 Å². The van der Waals surface area contributed by atoms with Gasteiger partial charge in [-0.3, -0.25) is 4.79 Å². The number of carbonyl (C=O) groups is 1. The highest BCUT2D eigenvalue weighted by Crippen LogP contribution is 2.27. The van der Waals surface area contributed by atoms with Crippen molar-refractivity contribution in [3.63, 3.8) is 0 Å². The Morgan fingerprint density at radius 1 is 1.36 bits per heavy atom. The van der Waals surface area contributed by atoms with Gasteiger partial charge in [0.25, 0.3) is 0 Å². The van der Waals surface area contributed by atoms with Crippen molar-refractivity contribution in [1.29, 1.82) is 0 Å². The van der Waals surface area contributed by atoms with Gasteiger partial charge in [-0.25, -0.2) is 0 Å². The fourth-order valence-corrected chi connectivity index (χ4v) is 2.01. The van der Waals surface area contributed by atoms with Crippen LogP contribution in [0.5, 0.6) is 0 Å². The number of hydrogen-bond donors (Lipinski definition) is 1. The highest BCUT2D eigenvalue weighted by atomic mass is 16.2. The average molecular weight is 155 g/mol. The first-order valence-electron chi connectivity index (χ1n) is 4.51. The fourth-order valence-electron chi connectivity index (χ4n) is 2.01. The molecule has 0 bridgehead atoms. The van der Waals surface area contributed by atoms with Gasteiger partial charge in [-0.2, -0.15) is 0 Å². The molecule has 1 aliphatic rings. The van der Waals surface area contributed by atoms with Crippen molar-refractivity contribution < 1.29 is 4.79 Å². The Kier molecular flexibility index (Phi) is 2.53. The van der Waals surface area contributed by atoms with E-state index in [0.717, 1.165) is 12.8 Å². The molecule has 0 saturated carbocycles. The lowest BCUT2D eigenvalue weighted by atomic mass is 9.88. The zero-order chi connectivity index (χ0) is 8.43. The lowest BCUT2D eigenvalue weighted by molar-refractivity contribution is -0.122. The molecule has 1 saturated heterocycles. The molecular weight excluding hydrogens is 138 g/mol. The molecule has 1 rings (SSSR count). The van der Waals surface area contributed by atoms with Crippen molar-refractivity contribution in [3.05, 3.63) is 0 Å². The SMILES string of the molecule is CCC1NC(=O)C(C)C1CC. The van der Waals surface area contributed by atoms with Crippen molar-refractivity contribution >= 4 is 5.91 Å². The molecule has 64 valence electrons. The number of rotatable bonds is 2. The van der Waals surface area contributed by atoms with Crippen molar-refractivity contribution in [2.24, 2.45) is 11.8 Å². The monoisotopic (exact) mass is 155 g/mol. The van der Waals surface area contributed by atoms with Gasteiger partial charge < -0.3 is 5.32 Å². The van der Waals surface area contributed by atoms with Gasteiger partial charge in [0.2, 0.25) is 5.91 Å². The van der Waals surface area contributed by atoms with E-state index in [-0.39, 0.29) is 11.8 Å². The van der Waals surface area contributed by atoms with Gasteiger partial charge in [-0.05, 0) is 12.3 Å². The van der Waals surface area contributed by atoms with Crippen molar-refractivity contribution in [1.82, 2.24) is 5.32 Å². The van der Waals surface area contributed by atoms with Crippen LogP contribution in [0, 0.1) is 11.8 Å². The van der Waals surface area contributed by atoms with E-state index in [4.69, 9.17) is 0 Å². The standard InChI is InChI=1S/C9H17NO/c1-4-7-6(3)9(11)10-8(7)5-2/h6-8H,4-5H2,1-3H3,(H,10,11). The van der Waals surface area contributed by atoms with Crippen LogP contribution in [0.3, 0.4) is 0 Å². The second kappa shape index (κ2) is 3.24. The molecule has 1 heterocycles. The summed E-state index contributed by atoms with van der Waals surface area (Å²) in [6.07, 6.45) is 2.17. The molecule has 1 fully saturated rings. The summed E-state index contributed by atoms with van der Waals surface area (Å²) >= 11 is 0. The maximum absolute atomic E-state index is 11.2. The summed E-state index contributed by atoms with van der Waals surface area (Å²) in [5, 5.41) is 3.02. The van der Waals surface area contributed by atoms with E-state index < -0.39 is 0 Å². The molecule has 0 spiro atoms. The highest BCUT2D eigenvalue weighted by Gasteiger charge is 2.36. The molecule has 2 heteroatoms. The Bertz CT molecular complexity index is 156. The molecule has 1 aliphatic heterocycles. The predicted molar refractivity (Wildman–Crippen MR) is 45.2 cm³/mol. The van der Waals surface area contributed by atoms with E-state index in [1.165, 1.54) is 0 Å². The van der Waals surface area contributed by atoms with Gasteiger partial charge >= 0.3 is 0 Å². The minimum Gasteiger partial charge on any atom is -0.353 e. The number of hydrogen-bond acceptors (Lipinski definition) is 1. The van der Waals surface area contributed by atoms with Gasteiger partial charge in [0.15, 0.2) is 0 Å². The van der Waals surface area contributed by atoms with Crippen molar-refractivity contribution in [2.45, 2.75) is 39.7 Å². The van der Waals surface area contributed by atoms with E-state index in [2.05, 4.69) is 19.2 Å². The minimum atomic E-state index is 0.227. The second-order valence-electron chi connectivity index (χ2n) is 3.38. The first kappa shape index (κ1) is 8.57. The van der Waals surface area contributed by atoms with Gasteiger partial charge in [-0.15, -0.1) is 0 Å². The van der Waals surface area contributed by atoms with E-state index >= 15 is 0 Å². The largest absolute Gasteiger partial charge is 0.353 e. The maximum atomic E-state index is 11.2. The first-order chi connectivity index (χ1) is 5.20. The Morgan fingerprint density at radius 2 is 2.00 bits per heavy atom. The van der Waals surface area contributed by atoms with Crippen LogP contribution >= 0.6 is 0 Å². The number of nitrogens with one attached hydrogen (secondary N) is 1. The lowest BCUT2D eigenvalue weighted by Gasteiger charge is -2.16. The van der Waals surface area contributed by atoms with Crippen LogP contribution in [0.1, 0.15) is 33.6 Å². The zero-order valence-electron chi connectivity index (χ0n) is 7.55. The van der Waals surface area contributed by atoms with Gasteiger partial charge in [-0.1, -0.05) is 27.2 Å². The van der Waals surface area contributed by atoms with Crippen LogP contribution in [-0.2, 0) is 4.79 Å². The Morgan fingerprint density at radius 3 is 2.36 bits per heavy atom. The fraction of sp³-hybridized carbons (Fsp3) is 0.889. The molecule has 0 aromatic carbocycles. The highest BCUT2D eigenvalue weighted by molar-refractivity contribution is 5.81. The normalized spacial score (nSPS) is 37.4. The summed E-state index contributed by atoms with van der Waals surface area (Å²) in [7, 11) is 0. The van der Waals surface area contributed by atoms with Crippen LogP contribution in [0.4, 0.5) is 0 Å². The molecular formula is C9H17NO. The first-order valence-corrected chi connectivity index (χ1v) is 4.51. The Labute approximate surface area is 68.4 Å². The summed E-state index contributed by atoms with van der Waals surface area (Å²) < 4.78 is 0. The third kappa shape index (κ3) is 1.39. The van der Waals surface area contributed by atoms with Crippen LogP contribution in [0.2, 0.25) is 0 Å². The smallest absolute Gasteiger partial charge is 0.223 e.